The van der Waals surface area contributed by atoms with E-state index in [1.54, 1.807) is 0 Å². The van der Waals surface area contributed by atoms with E-state index in [0.717, 1.165) is 29.1 Å². The molecule has 3 rings (SSSR count). The van der Waals surface area contributed by atoms with Crippen molar-refractivity contribution in [2.75, 3.05) is 19.6 Å². The highest BCUT2D eigenvalue weighted by molar-refractivity contribution is 5.97. The number of hydrogen-bond donors (Lipinski definition) is 3. The molecule has 25 heavy (non-hydrogen) atoms. The molecule has 2 amide bonds. The SMILES string of the molecule is Cl.O=C(NC1CCCN(CC(F)(F)F)C1=O)c1n[nH]c2c1CNCC2. The molecule has 2 aliphatic rings. The maximum absolute atomic E-state index is 12.5. The maximum Gasteiger partial charge on any atom is 0.406 e. The Hall–Kier alpha value is -1.81. The number of aromatic nitrogens is 2. The van der Waals surface area contributed by atoms with Gasteiger partial charge in [0.2, 0.25) is 5.91 Å². The smallest absolute Gasteiger partial charge is 0.339 e. The fraction of sp³-hybridized carbons (Fsp3) is 0.643. The minimum Gasteiger partial charge on any atom is -0.339 e. The quantitative estimate of drug-likeness (QED) is 0.721. The van der Waals surface area contributed by atoms with Gasteiger partial charge < -0.3 is 15.5 Å². The first kappa shape index (κ1) is 19.5. The van der Waals surface area contributed by atoms with Crippen molar-refractivity contribution in [3.8, 4) is 0 Å². The first-order valence-electron chi connectivity index (χ1n) is 7.78. The minimum absolute atomic E-state index is 0. The van der Waals surface area contributed by atoms with Crippen LogP contribution in [0.4, 0.5) is 13.2 Å². The van der Waals surface area contributed by atoms with Crippen LogP contribution in [0, 0.1) is 0 Å². The summed E-state index contributed by atoms with van der Waals surface area (Å²) in [5, 5.41) is 12.4. The Balaban J connectivity index is 0.00000225. The zero-order chi connectivity index (χ0) is 17.3. The molecule has 7 nitrogen and oxygen atoms in total. The van der Waals surface area contributed by atoms with E-state index in [1.807, 2.05) is 0 Å². The van der Waals surface area contributed by atoms with Crippen LogP contribution in [0.5, 0.6) is 0 Å². The summed E-state index contributed by atoms with van der Waals surface area (Å²) in [7, 11) is 0. The van der Waals surface area contributed by atoms with Gasteiger partial charge in [-0.25, -0.2) is 0 Å². The fourth-order valence-electron chi connectivity index (χ4n) is 3.09. The number of carbonyl (C=O) groups excluding carboxylic acids is 2. The molecule has 140 valence electrons. The van der Waals surface area contributed by atoms with E-state index in [2.05, 4.69) is 20.8 Å². The molecule has 0 aromatic carbocycles. The molecule has 11 heteroatoms. The Bertz CT molecular complexity index is 649. The van der Waals surface area contributed by atoms with Gasteiger partial charge >= 0.3 is 6.18 Å². The molecule has 1 fully saturated rings. The molecule has 3 N–H and O–H groups in total. The number of rotatable bonds is 3. The van der Waals surface area contributed by atoms with Gasteiger partial charge in [0.15, 0.2) is 5.69 Å². The van der Waals surface area contributed by atoms with E-state index in [4.69, 9.17) is 0 Å². The summed E-state index contributed by atoms with van der Waals surface area (Å²) in [6, 6.07) is -0.947. The molecule has 0 spiro atoms. The number of alkyl halides is 3. The summed E-state index contributed by atoms with van der Waals surface area (Å²) < 4.78 is 37.5. The first-order valence-corrected chi connectivity index (χ1v) is 7.78. The van der Waals surface area contributed by atoms with Crippen molar-refractivity contribution in [1.29, 1.82) is 0 Å². The number of H-pyrrole nitrogens is 1. The normalized spacial score (nSPS) is 20.7. The number of fused-ring (bicyclic) bond motifs is 1. The molecule has 3 heterocycles. The third kappa shape index (κ3) is 4.43. The Morgan fingerprint density at radius 3 is 2.88 bits per heavy atom. The van der Waals surface area contributed by atoms with Crippen molar-refractivity contribution in [3.63, 3.8) is 0 Å². The molecule has 0 radical (unpaired) electrons. The van der Waals surface area contributed by atoms with E-state index in [9.17, 15) is 22.8 Å². The monoisotopic (exact) mass is 381 g/mol. The number of nitrogens with zero attached hydrogens (tertiary/aromatic N) is 2. The predicted molar refractivity (Wildman–Crippen MR) is 84.4 cm³/mol. The first-order chi connectivity index (χ1) is 11.3. The maximum atomic E-state index is 12.5. The van der Waals surface area contributed by atoms with E-state index in [0.29, 0.717) is 19.4 Å². The Morgan fingerprint density at radius 1 is 1.40 bits per heavy atom. The van der Waals surface area contributed by atoms with Gasteiger partial charge in [-0.05, 0) is 12.8 Å². The van der Waals surface area contributed by atoms with Crippen molar-refractivity contribution in [2.24, 2.45) is 0 Å². The summed E-state index contributed by atoms with van der Waals surface area (Å²) in [6.45, 7) is 0.0313. The van der Waals surface area contributed by atoms with Gasteiger partial charge in [-0.2, -0.15) is 18.3 Å². The van der Waals surface area contributed by atoms with Gasteiger partial charge in [0, 0.05) is 37.3 Å². The standard InChI is InChI=1S/C14H18F3N5O2.ClH/c15-14(16,17)7-22-5-1-2-10(13(22)24)19-12(23)11-8-6-18-4-3-9(8)20-21-11;/h10,18H,1-7H2,(H,19,23)(H,20,21);1H. The summed E-state index contributed by atoms with van der Waals surface area (Å²) in [5.41, 5.74) is 1.81. The van der Waals surface area contributed by atoms with Crippen LogP contribution >= 0.6 is 12.4 Å². The lowest BCUT2D eigenvalue weighted by molar-refractivity contribution is -0.164. The van der Waals surface area contributed by atoms with Crippen molar-refractivity contribution < 1.29 is 22.8 Å². The second kappa shape index (κ2) is 7.61. The molecule has 0 aliphatic carbocycles. The number of halogens is 4. The van der Waals surface area contributed by atoms with Crippen LogP contribution in [-0.2, 0) is 17.8 Å². The second-order valence-electron chi connectivity index (χ2n) is 6.00. The molecule has 1 aromatic heterocycles. The highest BCUT2D eigenvalue weighted by atomic mass is 35.5. The lowest BCUT2D eigenvalue weighted by atomic mass is 10.0. The molecule has 1 saturated heterocycles. The van der Waals surface area contributed by atoms with Gasteiger partial charge in [-0.15, -0.1) is 12.4 Å². The molecule has 1 atom stereocenters. The van der Waals surface area contributed by atoms with Gasteiger partial charge in [0.05, 0.1) is 0 Å². The average molecular weight is 382 g/mol. The Kier molecular flexibility index (Phi) is 5.94. The van der Waals surface area contributed by atoms with Crippen molar-refractivity contribution in [1.82, 2.24) is 25.7 Å². The number of likely N-dealkylation sites (tertiary alicyclic amines) is 1. The van der Waals surface area contributed by atoms with E-state index >= 15 is 0 Å². The molecule has 0 saturated carbocycles. The summed E-state index contributed by atoms with van der Waals surface area (Å²) in [5.74, 6) is -1.24. The second-order valence-corrected chi connectivity index (χ2v) is 6.00. The van der Waals surface area contributed by atoms with Gasteiger partial charge in [-0.3, -0.25) is 14.7 Å². The molecular weight excluding hydrogens is 363 g/mol. The van der Waals surface area contributed by atoms with Crippen LogP contribution in [0.2, 0.25) is 0 Å². The molecule has 2 aliphatic heterocycles. The van der Waals surface area contributed by atoms with Crippen LogP contribution in [-0.4, -0.2) is 58.8 Å². The van der Waals surface area contributed by atoms with Gasteiger partial charge in [0.1, 0.15) is 12.6 Å². The Labute approximate surface area is 148 Å². The summed E-state index contributed by atoms with van der Waals surface area (Å²) in [4.78, 5) is 25.3. The van der Waals surface area contributed by atoms with Crippen molar-refractivity contribution in [3.05, 3.63) is 17.0 Å². The van der Waals surface area contributed by atoms with E-state index in [-0.39, 0.29) is 24.6 Å². The Morgan fingerprint density at radius 2 is 2.16 bits per heavy atom. The molecule has 0 bridgehead atoms. The molecule has 1 aromatic rings. The van der Waals surface area contributed by atoms with Crippen LogP contribution < -0.4 is 10.6 Å². The zero-order valence-corrected chi connectivity index (χ0v) is 14.1. The van der Waals surface area contributed by atoms with Gasteiger partial charge in [0.25, 0.3) is 5.91 Å². The van der Waals surface area contributed by atoms with Crippen molar-refractivity contribution in [2.45, 2.75) is 38.0 Å². The topological polar surface area (TPSA) is 90.1 Å². The highest BCUT2D eigenvalue weighted by Crippen LogP contribution is 2.21. The largest absolute Gasteiger partial charge is 0.406 e. The number of aromatic amines is 1. The number of piperidine rings is 1. The number of nitrogens with one attached hydrogen (secondary N) is 3. The lowest BCUT2D eigenvalue weighted by Crippen LogP contribution is -2.54. The summed E-state index contributed by atoms with van der Waals surface area (Å²) in [6.07, 6.45) is -3.00. The van der Waals surface area contributed by atoms with E-state index < -0.39 is 30.6 Å². The molecule has 1 unspecified atom stereocenters. The third-order valence-corrected chi connectivity index (χ3v) is 4.23. The average Bonchev–Trinajstić information content (AvgIpc) is 2.94. The predicted octanol–water partition coefficient (Wildman–Crippen LogP) is 0.760. The number of hydrogen-bond acceptors (Lipinski definition) is 4. The van der Waals surface area contributed by atoms with Gasteiger partial charge in [-0.1, -0.05) is 0 Å². The fourth-order valence-corrected chi connectivity index (χ4v) is 3.09. The number of amides is 2. The minimum atomic E-state index is -4.45. The summed E-state index contributed by atoms with van der Waals surface area (Å²) >= 11 is 0. The lowest BCUT2D eigenvalue weighted by Gasteiger charge is -2.33. The molecular formula is C14H19ClF3N5O2. The highest BCUT2D eigenvalue weighted by Gasteiger charge is 2.38. The van der Waals surface area contributed by atoms with E-state index in [1.165, 1.54) is 0 Å². The third-order valence-electron chi connectivity index (χ3n) is 4.23. The van der Waals surface area contributed by atoms with Crippen LogP contribution in [0.3, 0.4) is 0 Å². The number of carbonyl (C=O) groups is 2. The zero-order valence-electron chi connectivity index (χ0n) is 13.3. The van der Waals surface area contributed by atoms with Crippen molar-refractivity contribution >= 4 is 24.2 Å². The van der Waals surface area contributed by atoms with Crippen LogP contribution in [0.15, 0.2) is 0 Å². The van der Waals surface area contributed by atoms with Crippen LogP contribution in [0.25, 0.3) is 0 Å². The van der Waals surface area contributed by atoms with Crippen LogP contribution in [0.1, 0.15) is 34.6 Å².